The maximum absolute atomic E-state index is 12.2. The van der Waals surface area contributed by atoms with Gasteiger partial charge in [0.15, 0.2) is 0 Å². The number of nitrogens with one attached hydrogen (secondary N) is 1. The van der Waals surface area contributed by atoms with Gasteiger partial charge in [-0.15, -0.1) is 0 Å². The zero-order valence-corrected chi connectivity index (χ0v) is 18.5. The van der Waals surface area contributed by atoms with E-state index >= 15 is 0 Å². The molecule has 0 bridgehead atoms. The summed E-state index contributed by atoms with van der Waals surface area (Å²) >= 11 is 0. The fourth-order valence-corrected chi connectivity index (χ4v) is 4.28. The van der Waals surface area contributed by atoms with Crippen LogP contribution in [-0.2, 0) is 6.42 Å². The van der Waals surface area contributed by atoms with Gasteiger partial charge in [-0.1, -0.05) is 74.5 Å². The Hall–Kier alpha value is -2.92. The Bertz CT molecular complexity index is 969. The van der Waals surface area contributed by atoms with Gasteiger partial charge in [-0.05, 0) is 29.9 Å². The van der Waals surface area contributed by atoms with Gasteiger partial charge in [0, 0.05) is 37.9 Å². The zero-order valence-electron chi connectivity index (χ0n) is 18.5. The van der Waals surface area contributed by atoms with Crippen LogP contribution in [-0.4, -0.2) is 41.0 Å². The number of anilines is 1. The number of aromatic amines is 1. The van der Waals surface area contributed by atoms with E-state index < -0.39 is 0 Å². The van der Waals surface area contributed by atoms with E-state index in [1.54, 1.807) is 6.07 Å². The van der Waals surface area contributed by atoms with Gasteiger partial charge in [0.25, 0.3) is 5.56 Å². The Morgan fingerprint density at radius 1 is 0.903 bits per heavy atom. The Morgan fingerprint density at radius 2 is 1.48 bits per heavy atom. The van der Waals surface area contributed by atoms with Crippen LogP contribution in [0.5, 0.6) is 0 Å². The Balaban J connectivity index is 1.50. The third-order valence-electron chi connectivity index (χ3n) is 5.97. The standard InChI is InChI=1S/C26H32N4O/c1-20(2)13-14-23-19-24(31)28-26(27-23)30-17-15-29(16-18-30)25(21-9-5-3-6-10-21)22-11-7-4-8-12-22/h3-12,19-20,25H,13-18H2,1-2H3,(H,27,28,31). The summed E-state index contributed by atoms with van der Waals surface area (Å²) in [6.07, 6.45) is 1.89. The SMILES string of the molecule is CC(C)CCc1cc(=O)[nH]c(N2CCN(C(c3ccccc3)c3ccccc3)CC2)n1. The lowest BCUT2D eigenvalue weighted by Crippen LogP contribution is -2.48. The summed E-state index contributed by atoms with van der Waals surface area (Å²) in [5.41, 5.74) is 3.45. The second kappa shape index (κ2) is 9.92. The fraction of sp³-hybridized carbons (Fsp3) is 0.385. The van der Waals surface area contributed by atoms with E-state index in [1.807, 2.05) is 0 Å². The predicted octanol–water partition coefficient (Wildman–Crippen LogP) is 4.27. The molecule has 0 spiro atoms. The van der Waals surface area contributed by atoms with Crippen molar-refractivity contribution in [3.05, 3.63) is 93.9 Å². The van der Waals surface area contributed by atoms with E-state index in [9.17, 15) is 4.79 Å². The van der Waals surface area contributed by atoms with Gasteiger partial charge in [-0.25, -0.2) is 4.98 Å². The quantitative estimate of drug-likeness (QED) is 0.625. The largest absolute Gasteiger partial charge is 0.340 e. The normalized spacial score (nSPS) is 15.0. The van der Waals surface area contributed by atoms with Crippen molar-refractivity contribution in [2.75, 3.05) is 31.1 Å². The highest BCUT2D eigenvalue weighted by atomic mass is 16.1. The van der Waals surface area contributed by atoms with Gasteiger partial charge in [0.05, 0.1) is 6.04 Å². The van der Waals surface area contributed by atoms with Crippen molar-refractivity contribution < 1.29 is 0 Å². The molecule has 1 aliphatic heterocycles. The second-order valence-corrected chi connectivity index (χ2v) is 8.74. The number of hydrogen-bond donors (Lipinski definition) is 1. The summed E-state index contributed by atoms with van der Waals surface area (Å²) < 4.78 is 0. The second-order valence-electron chi connectivity index (χ2n) is 8.74. The van der Waals surface area contributed by atoms with Gasteiger partial charge in [-0.3, -0.25) is 14.7 Å². The van der Waals surface area contributed by atoms with Crippen LogP contribution in [0.15, 0.2) is 71.5 Å². The molecule has 1 fully saturated rings. The first-order chi connectivity index (χ1) is 15.1. The van der Waals surface area contributed by atoms with E-state index in [-0.39, 0.29) is 11.6 Å². The minimum atomic E-state index is -0.0577. The fourth-order valence-electron chi connectivity index (χ4n) is 4.28. The third kappa shape index (κ3) is 5.42. The Labute approximate surface area is 184 Å². The van der Waals surface area contributed by atoms with Crippen LogP contribution in [0.3, 0.4) is 0 Å². The van der Waals surface area contributed by atoms with Crippen LogP contribution in [0.1, 0.15) is 43.1 Å². The van der Waals surface area contributed by atoms with Gasteiger partial charge in [0.2, 0.25) is 5.95 Å². The van der Waals surface area contributed by atoms with E-state index in [2.05, 4.69) is 89.3 Å². The average molecular weight is 417 g/mol. The number of nitrogens with zero attached hydrogens (tertiary/aromatic N) is 3. The van der Waals surface area contributed by atoms with Gasteiger partial charge in [-0.2, -0.15) is 0 Å². The molecule has 0 saturated carbocycles. The maximum Gasteiger partial charge on any atom is 0.252 e. The van der Waals surface area contributed by atoms with Crippen molar-refractivity contribution in [2.24, 2.45) is 5.92 Å². The maximum atomic E-state index is 12.2. The lowest BCUT2D eigenvalue weighted by Gasteiger charge is -2.40. The van der Waals surface area contributed by atoms with E-state index in [0.29, 0.717) is 11.9 Å². The smallest absolute Gasteiger partial charge is 0.252 e. The predicted molar refractivity (Wildman–Crippen MR) is 127 cm³/mol. The first-order valence-electron chi connectivity index (χ1n) is 11.3. The summed E-state index contributed by atoms with van der Waals surface area (Å²) in [7, 11) is 0. The molecule has 1 saturated heterocycles. The van der Waals surface area contributed by atoms with Crippen molar-refractivity contribution in [1.29, 1.82) is 0 Å². The van der Waals surface area contributed by atoms with E-state index in [0.717, 1.165) is 44.7 Å². The molecular weight excluding hydrogens is 384 g/mol. The molecule has 31 heavy (non-hydrogen) atoms. The number of piperazine rings is 1. The van der Waals surface area contributed by atoms with Crippen LogP contribution in [0.25, 0.3) is 0 Å². The number of aromatic nitrogens is 2. The summed E-state index contributed by atoms with van der Waals surface area (Å²) in [5.74, 6) is 1.31. The molecule has 0 amide bonds. The summed E-state index contributed by atoms with van der Waals surface area (Å²) in [6, 6.07) is 23.3. The van der Waals surface area contributed by atoms with Crippen molar-refractivity contribution in [3.8, 4) is 0 Å². The molecular formula is C26H32N4O. The van der Waals surface area contributed by atoms with E-state index in [1.165, 1.54) is 11.1 Å². The highest BCUT2D eigenvalue weighted by Gasteiger charge is 2.27. The molecule has 2 aromatic carbocycles. The highest BCUT2D eigenvalue weighted by molar-refractivity contribution is 5.34. The van der Waals surface area contributed by atoms with Crippen LogP contribution < -0.4 is 10.5 Å². The molecule has 0 aliphatic carbocycles. The first kappa shape index (κ1) is 21.3. The van der Waals surface area contributed by atoms with Crippen molar-refractivity contribution in [1.82, 2.24) is 14.9 Å². The van der Waals surface area contributed by atoms with Crippen LogP contribution in [0.4, 0.5) is 5.95 Å². The molecule has 0 unspecified atom stereocenters. The molecule has 2 heterocycles. The van der Waals surface area contributed by atoms with Gasteiger partial charge < -0.3 is 4.90 Å². The topological polar surface area (TPSA) is 52.2 Å². The lowest BCUT2D eigenvalue weighted by molar-refractivity contribution is 0.211. The monoisotopic (exact) mass is 416 g/mol. The number of rotatable bonds is 7. The molecule has 3 aromatic rings. The summed E-state index contributed by atoms with van der Waals surface area (Å²) in [5, 5.41) is 0. The molecule has 0 radical (unpaired) electrons. The Morgan fingerprint density at radius 3 is 2.03 bits per heavy atom. The van der Waals surface area contributed by atoms with E-state index in [4.69, 9.17) is 4.98 Å². The molecule has 5 heteroatoms. The van der Waals surface area contributed by atoms with Crippen LogP contribution in [0, 0.1) is 5.92 Å². The Kier molecular flexibility index (Phi) is 6.82. The molecule has 1 aliphatic rings. The molecule has 1 aromatic heterocycles. The van der Waals surface area contributed by atoms with Gasteiger partial charge >= 0.3 is 0 Å². The number of hydrogen-bond acceptors (Lipinski definition) is 4. The molecule has 162 valence electrons. The minimum Gasteiger partial charge on any atom is -0.340 e. The summed E-state index contributed by atoms with van der Waals surface area (Å²) in [4.78, 5) is 24.7. The molecule has 0 atom stereocenters. The first-order valence-corrected chi connectivity index (χ1v) is 11.3. The lowest BCUT2D eigenvalue weighted by atomic mass is 9.96. The van der Waals surface area contributed by atoms with Crippen molar-refractivity contribution in [3.63, 3.8) is 0 Å². The van der Waals surface area contributed by atoms with Crippen LogP contribution in [0.2, 0.25) is 0 Å². The average Bonchev–Trinajstić information content (AvgIpc) is 2.79. The number of aryl methyl sites for hydroxylation is 1. The third-order valence-corrected chi connectivity index (χ3v) is 5.97. The van der Waals surface area contributed by atoms with Gasteiger partial charge in [0.1, 0.15) is 0 Å². The minimum absolute atomic E-state index is 0.0577. The number of H-pyrrole nitrogens is 1. The summed E-state index contributed by atoms with van der Waals surface area (Å²) in [6.45, 7) is 7.90. The molecule has 5 nitrogen and oxygen atoms in total. The van der Waals surface area contributed by atoms with Crippen molar-refractivity contribution >= 4 is 5.95 Å². The zero-order chi connectivity index (χ0) is 21.6. The molecule has 4 rings (SSSR count). The van der Waals surface area contributed by atoms with Crippen LogP contribution >= 0.6 is 0 Å². The number of benzene rings is 2. The van der Waals surface area contributed by atoms with Crippen molar-refractivity contribution in [2.45, 2.75) is 32.7 Å². The highest BCUT2D eigenvalue weighted by Crippen LogP contribution is 2.29. The molecule has 1 N–H and O–H groups in total.